The second-order valence-electron chi connectivity index (χ2n) is 4.11. The van der Waals surface area contributed by atoms with Gasteiger partial charge in [0.25, 0.3) is 0 Å². The molecule has 5 heteroatoms. The van der Waals surface area contributed by atoms with Gasteiger partial charge in [0, 0.05) is 33.4 Å². The molecule has 0 fully saturated rings. The number of fused-ring (bicyclic) bond motifs is 1. The van der Waals surface area contributed by atoms with Crippen molar-refractivity contribution >= 4 is 48.8 Å². The first-order chi connectivity index (χ1) is 8.72. The molecule has 3 heterocycles. The molecule has 3 aromatic heterocycles. The summed E-state index contributed by atoms with van der Waals surface area (Å²) < 4.78 is 2.33. The molecule has 0 bridgehead atoms. The molecule has 0 radical (unpaired) electrons. The van der Waals surface area contributed by atoms with Crippen LogP contribution in [-0.4, -0.2) is 4.98 Å². The lowest BCUT2D eigenvalue weighted by atomic mass is 10.1. The van der Waals surface area contributed by atoms with E-state index in [0.717, 1.165) is 22.0 Å². The predicted octanol–water partition coefficient (Wildman–Crippen LogP) is 4.36. The lowest BCUT2D eigenvalue weighted by Crippen LogP contribution is -2.12. The minimum absolute atomic E-state index is 0.00884. The lowest BCUT2D eigenvalue weighted by molar-refractivity contribution is 0.728. The van der Waals surface area contributed by atoms with Crippen molar-refractivity contribution in [2.75, 3.05) is 0 Å². The van der Waals surface area contributed by atoms with E-state index in [4.69, 9.17) is 5.73 Å². The molecule has 92 valence electrons. The van der Waals surface area contributed by atoms with Gasteiger partial charge in [0.1, 0.15) is 0 Å². The van der Waals surface area contributed by atoms with E-state index in [9.17, 15) is 0 Å². The van der Waals surface area contributed by atoms with Gasteiger partial charge >= 0.3 is 0 Å². The van der Waals surface area contributed by atoms with Crippen molar-refractivity contribution in [1.29, 1.82) is 0 Å². The Balaban J connectivity index is 1.84. The Morgan fingerprint density at radius 2 is 2.22 bits per heavy atom. The van der Waals surface area contributed by atoms with E-state index < -0.39 is 0 Å². The third-order valence-corrected chi connectivity index (χ3v) is 5.37. The van der Waals surface area contributed by atoms with Gasteiger partial charge in [-0.15, -0.1) is 22.7 Å². The van der Waals surface area contributed by atoms with Gasteiger partial charge in [0.15, 0.2) is 0 Å². The van der Waals surface area contributed by atoms with E-state index in [2.05, 4.69) is 43.8 Å². The molecule has 1 atom stereocenters. The van der Waals surface area contributed by atoms with Crippen molar-refractivity contribution < 1.29 is 0 Å². The Morgan fingerprint density at radius 3 is 3.00 bits per heavy atom. The van der Waals surface area contributed by atoms with Crippen LogP contribution >= 0.6 is 38.6 Å². The second-order valence-corrected chi connectivity index (χ2v) is 6.97. The molecular formula is C13H11BrN2S2. The summed E-state index contributed by atoms with van der Waals surface area (Å²) >= 11 is 6.90. The van der Waals surface area contributed by atoms with E-state index in [1.165, 1.54) is 9.58 Å². The van der Waals surface area contributed by atoms with Crippen LogP contribution in [0.25, 0.3) is 10.2 Å². The molecule has 0 aliphatic rings. The van der Waals surface area contributed by atoms with Gasteiger partial charge in [-0.3, -0.25) is 4.98 Å². The van der Waals surface area contributed by atoms with Crippen LogP contribution in [0.5, 0.6) is 0 Å². The van der Waals surface area contributed by atoms with Crippen molar-refractivity contribution in [3.05, 3.63) is 50.1 Å². The van der Waals surface area contributed by atoms with Crippen LogP contribution in [0.1, 0.15) is 16.5 Å². The zero-order valence-electron chi connectivity index (χ0n) is 9.47. The Morgan fingerprint density at radius 1 is 1.33 bits per heavy atom. The van der Waals surface area contributed by atoms with Crippen LogP contribution in [0.15, 0.2) is 39.6 Å². The van der Waals surface area contributed by atoms with E-state index in [1.54, 1.807) is 22.7 Å². The summed E-state index contributed by atoms with van der Waals surface area (Å²) in [6.07, 6.45) is 2.75. The molecular weight excluding hydrogens is 328 g/mol. The molecule has 0 spiro atoms. The zero-order valence-corrected chi connectivity index (χ0v) is 12.7. The summed E-state index contributed by atoms with van der Waals surface area (Å²) in [6.45, 7) is 0. The quantitative estimate of drug-likeness (QED) is 0.770. The fraction of sp³-hybridized carbons (Fsp3) is 0.154. The first-order valence-corrected chi connectivity index (χ1v) is 8.09. The first-order valence-electron chi connectivity index (χ1n) is 5.54. The molecule has 1 unspecified atom stereocenters. The number of nitrogens with zero attached hydrogens (tertiary/aromatic N) is 1. The molecule has 0 amide bonds. The van der Waals surface area contributed by atoms with E-state index in [-0.39, 0.29) is 6.04 Å². The highest BCUT2D eigenvalue weighted by molar-refractivity contribution is 9.10. The monoisotopic (exact) mass is 338 g/mol. The zero-order chi connectivity index (χ0) is 12.5. The normalized spacial score (nSPS) is 13.0. The van der Waals surface area contributed by atoms with Gasteiger partial charge in [-0.1, -0.05) is 0 Å². The van der Waals surface area contributed by atoms with Crippen molar-refractivity contribution in [2.24, 2.45) is 5.73 Å². The molecule has 2 N–H and O–H groups in total. The Labute approximate surface area is 122 Å². The topological polar surface area (TPSA) is 38.9 Å². The third-order valence-electron chi connectivity index (χ3n) is 2.79. The summed E-state index contributed by atoms with van der Waals surface area (Å²) in [6, 6.07) is 6.32. The molecule has 3 aromatic rings. The highest BCUT2D eigenvalue weighted by atomic mass is 79.9. The van der Waals surface area contributed by atoms with E-state index >= 15 is 0 Å². The third kappa shape index (κ3) is 2.49. The number of aromatic nitrogens is 1. The van der Waals surface area contributed by atoms with Crippen LogP contribution in [-0.2, 0) is 6.42 Å². The molecule has 3 rings (SSSR count). The highest BCUT2D eigenvalue weighted by Crippen LogP contribution is 2.26. The number of hydrogen-bond acceptors (Lipinski definition) is 4. The number of hydrogen-bond donors (Lipinski definition) is 1. The standard InChI is InChI=1S/C13H11BrN2S2/c14-9-4-10(18-7-9)5-11(15)8-3-13-12(16-6-8)1-2-17-13/h1-4,6-7,11H,5,15H2. The van der Waals surface area contributed by atoms with Gasteiger partial charge in [-0.2, -0.15) is 0 Å². The fourth-order valence-electron chi connectivity index (χ4n) is 1.86. The largest absolute Gasteiger partial charge is 0.324 e. The van der Waals surface area contributed by atoms with E-state index in [1.807, 2.05) is 12.3 Å². The van der Waals surface area contributed by atoms with Gasteiger partial charge in [-0.25, -0.2) is 0 Å². The molecule has 18 heavy (non-hydrogen) atoms. The number of rotatable bonds is 3. The van der Waals surface area contributed by atoms with Crippen molar-refractivity contribution in [2.45, 2.75) is 12.5 Å². The lowest BCUT2D eigenvalue weighted by Gasteiger charge is -2.10. The van der Waals surface area contributed by atoms with Crippen molar-refractivity contribution in [3.8, 4) is 0 Å². The van der Waals surface area contributed by atoms with E-state index in [0.29, 0.717) is 0 Å². The minimum Gasteiger partial charge on any atom is -0.324 e. The maximum Gasteiger partial charge on any atom is 0.0809 e. The SMILES string of the molecule is NC(Cc1cc(Br)cs1)c1cnc2ccsc2c1. The first kappa shape index (κ1) is 12.3. The van der Waals surface area contributed by atoms with Gasteiger partial charge < -0.3 is 5.73 Å². The molecule has 2 nitrogen and oxygen atoms in total. The molecule has 0 aliphatic carbocycles. The number of nitrogens with two attached hydrogens (primary N) is 1. The number of thiophene rings is 2. The number of halogens is 1. The minimum atomic E-state index is 0.00884. The second kappa shape index (κ2) is 5.09. The van der Waals surface area contributed by atoms with Crippen molar-refractivity contribution in [3.63, 3.8) is 0 Å². The molecule has 0 saturated heterocycles. The maximum atomic E-state index is 6.25. The average molecular weight is 339 g/mol. The molecule has 0 saturated carbocycles. The molecule has 0 aromatic carbocycles. The Hall–Kier alpha value is -0.750. The highest BCUT2D eigenvalue weighted by Gasteiger charge is 2.10. The number of pyridine rings is 1. The smallest absolute Gasteiger partial charge is 0.0809 e. The maximum absolute atomic E-state index is 6.25. The van der Waals surface area contributed by atoms with Crippen LogP contribution in [0, 0.1) is 0 Å². The van der Waals surface area contributed by atoms with Gasteiger partial charge in [0.05, 0.1) is 10.2 Å². The van der Waals surface area contributed by atoms with Crippen LogP contribution < -0.4 is 5.73 Å². The molecule has 0 aliphatic heterocycles. The summed E-state index contributed by atoms with van der Waals surface area (Å²) in [4.78, 5) is 5.73. The van der Waals surface area contributed by atoms with Gasteiger partial charge in [-0.05, 0) is 45.1 Å². The summed E-state index contributed by atoms with van der Waals surface area (Å²) in [7, 11) is 0. The van der Waals surface area contributed by atoms with Gasteiger partial charge in [0.2, 0.25) is 0 Å². The Bertz CT molecular complexity index is 674. The van der Waals surface area contributed by atoms with Crippen LogP contribution in [0.2, 0.25) is 0 Å². The summed E-state index contributed by atoms with van der Waals surface area (Å²) in [5, 5.41) is 4.14. The summed E-state index contributed by atoms with van der Waals surface area (Å²) in [5.41, 5.74) is 8.41. The fourth-order valence-corrected chi connectivity index (χ4v) is 4.16. The summed E-state index contributed by atoms with van der Waals surface area (Å²) in [5.74, 6) is 0. The Kier molecular flexibility index (Phi) is 3.48. The predicted molar refractivity (Wildman–Crippen MR) is 82.3 cm³/mol. The van der Waals surface area contributed by atoms with Crippen LogP contribution in [0.3, 0.4) is 0 Å². The van der Waals surface area contributed by atoms with Crippen LogP contribution in [0.4, 0.5) is 0 Å². The van der Waals surface area contributed by atoms with Crippen molar-refractivity contribution in [1.82, 2.24) is 4.98 Å². The average Bonchev–Trinajstić information content (AvgIpc) is 2.96.